The highest BCUT2D eigenvalue weighted by molar-refractivity contribution is 5.91. The van der Waals surface area contributed by atoms with Gasteiger partial charge < -0.3 is 14.6 Å². The number of nitrogens with zero attached hydrogens (tertiary/aromatic N) is 1. The maximum Gasteiger partial charge on any atom is 0.343 e. The molecule has 5 nitrogen and oxygen atoms in total. The number of aromatic hydroxyl groups is 1. The Kier molecular flexibility index (Phi) is 16.7. The van der Waals surface area contributed by atoms with Gasteiger partial charge in [0.15, 0.2) is 0 Å². The van der Waals surface area contributed by atoms with E-state index in [2.05, 4.69) is 18.8 Å². The zero-order valence-corrected chi connectivity index (χ0v) is 23.8. The Morgan fingerprint density at radius 2 is 1.29 bits per heavy atom. The first-order chi connectivity index (χ1) is 18.6. The van der Waals surface area contributed by atoms with E-state index in [1.165, 1.54) is 89.5 Å². The molecule has 0 aromatic heterocycles. The van der Waals surface area contributed by atoms with Gasteiger partial charge in [0.2, 0.25) is 0 Å². The Bertz CT molecular complexity index is 923. The van der Waals surface area contributed by atoms with Gasteiger partial charge in [0.1, 0.15) is 17.2 Å². The number of hydrogen-bond donors (Lipinski definition) is 1. The van der Waals surface area contributed by atoms with Crippen molar-refractivity contribution in [3.05, 3.63) is 53.6 Å². The minimum Gasteiger partial charge on any atom is -0.507 e. The van der Waals surface area contributed by atoms with Gasteiger partial charge in [0.25, 0.3) is 0 Å². The molecule has 2 aromatic rings. The highest BCUT2D eigenvalue weighted by atomic mass is 16.5. The predicted molar refractivity (Wildman–Crippen MR) is 158 cm³/mol. The normalized spacial score (nSPS) is 11.2. The fraction of sp³-hybridized carbons (Fsp3) is 0.576. The van der Waals surface area contributed by atoms with E-state index in [1.807, 2.05) is 0 Å². The van der Waals surface area contributed by atoms with Crippen LogP contribution in [0.25, 0.3) is 0 Å². The number of unbranched alkanes of at least 4 members (excludes halogenated alkanes) is 13. The molecule has 0 amide bonds. The average Bonchev–Trinajstić information content (AvgIpc) is 2.92. The lowest BCUT2D eigenvalue weighted by Gasteiger charge is -2.08. The van der Waals surface area contributed by atoms with Crippen molar-refractivity contribution in [3.63, 3.8) is 0 Å². The summed E-state index contributed by atoms with van der Waals surface area (Å²) in [4.78, 5) is 17.0. The van der Waals surface area contributed by atoms with Crippen LogP contribution in [0.2, 0.25) is 0 Å². The monoisotopic (exact) mass is 523 g/mol. The van der Waals surface area contributed by atoms with Crippen molar-refractivity contribution in [1.82, 2.24) is 0 Å². The van der Waals surface area contributed by atoms with Crippen LogP contribution in [-0.4, -0.2) is 30.4 Å². The molecule has 0 saturated carbocycles. The second-order valence-corrected chi connectivity index (χ2v) is 10.1. The standard InChI is InChI=1S/C33H49NO4/c1-3-5-7-9-11-13-15-17-25-37-30-21-18-28(19-22-30)33(36)38-31-23-20-29(32(35)26-31)27-34-24-16-14-12-10-8-6-4-2/h18-23,26-27,35H,3-17,24-25H2,1-2H3. The van der Waals surface area contributed by atoms with E-state index < -0.39 is 5.97 Å². The molecule has 0 heterocycles. The van der Waals surface area contributed by atoms with Gasteiger partial charge in [-0.2, -0.15) is 0 Å². The maximum atomic E-state index is 12.5. The van der Waals surface area contributed by atoms with Gasteiger partial charge in [0, 0.05) is 24.4 Å². The van der Waals surface area contributed by atoms with Crippen LogP contribution < -0.4 is 9.47 Å². The molecule has 0 aliphatic rings. The van der Waals surface area contributed by atoms with Gasteiger partial charge in [0.05, 0.1) is 12.2 Å². The van der Waals surface area contributed by atoms with E-state index >= 15 is 0 Å². The van der Waals surface area contributed by atoms with Crippen molar-refractivity contribution in [2.75, 3.05) is 13.2 Å². The van der Waals surface area contributed by atoms with Gasteiger partial charge in [-0.05, 0) is 49.2 Å². The highest BCUT2D eigenvalue weighted by Crippen LogP contribution is 2.24. The summed E-state index contributed by atoms with van der Waals surface area (Å²) in [6, 6.07) is 11.8. The number of esters is 1. The Labute approximate surface area is 230 Å². The number of hydrogen-bond acceptors (Lipinski definition) is 5. The molecule has 0 aliphatic heterocycles. The topological polar surface area (TPSA) is 68.1 Å². The van der Waals surface area contributed by atoms with Crippen molar-refractivity contribution in [2.24, 2.45) is 4.99 Å². The smallest absolute Gasteiger partial charge is 0.343 e. The molecule has 38 heavy (non-hydrogen) atoms. The lowest BCUT2D eigenvalue weighted by atomic mass is 10.1. The molecule has 0 unspecified atom stereocenters. The van der Waals surface area contributed by atoms with Crippen LogP contribution >= 0.6 is 0 Å². The SMILES string of the molecule is CCCCCCCCCCOc1ccc(C(=O)Oc2ccc(C=NCCCCCCCCC)c(O)c2)cc1. The molecule has 2 aromatic carbocycles. The van der Waals surface area contributed by atoms with E-state index in [-0.39, 0.29) is 5.75 Å². The zero-order chi connectivity index (χ0) is 27.3. The Balaban J connectivity index is 1.67. The van der Waals surface area contributed by atoms with Crippen LogP contribution in [0.3, 0.4) is 0 Å². The van der Waals surface area contributed by atoms with Crippen LogP contribution in [0, 0.1) is 0 Å². The third kappa shape index (κ3) is 13.6. The zero-order valence-electron chi connectivity index (χ0n) is 23.8. The summed E-state index contributed by atoms with van der Waals surface area (Å²) in [5, 5.41) is 10.3. The fourth-order valence-electron chi connectivity index (χ4n) is 4.30. The summed E-state index contributed by atoms with van der Waals surface area (Å²) < 4.78 is 11.3. The minimum atomic E-state index is -0.473. The van der Waals surface area contributed by atoms with Crippen molar-refractivity contribution < 1.29 is 19.4 Å². The minimum absolute atomic E-state index is 0.0447. The molecule has 210 valence electrons. The van der Waals surface area contributed by atoms with Gasteiger partial charge in [-0.15, -0.1) is 0 Å². The van der Waals surface area contributed by atoms with Crippen LogP contribution in [-0.2, 0) is 0 Å². The van der Waals surface area contributed by atoms with Crippen molar-refractivity contribution in [3.8, 4) is 17.2 Å². The van der Waals surface area contributed by atoms with Gasteiger partial charge in [-0.1, -0.05) is 97.3 Å². The van der Waals surface area contributed by atoms with Gasteiger partial charge in [-0.3, -0.25) is 4.99 Å². The van der Waals surface area contributed by atoms with Crippen LogP contribution in [0.15, 0.2) is 47.5 Å². The third-order valence-corrected chi connectivity index (χ3v) is 6.69. The average molecular weight is 524 g/mol. The largest absolute Gasteiger partial charge is 0.507 e. The third-order valence-electron chi connectivity index (χ3n) is 6.69. The molecule has 0 spiro atoms. The summed E-state index contributed by atoms with van der Waals surface area (Å²) in [5.74, 6) is 0.622. The first-order valence-electron chi connectivity index (χ1n) is 14.9. The van der Waals surface area contributed by atoms with Gasteiger partial charge in [-0.25, -0.2) is 4.79 Å². The van der Waals surface area contributed by atoms with Crippen molar-refractivity contribution in [1.29, 1.82) is 0 Å². The molecule has 0 fully saturated rings. The molecule has 2 rings (SSSR count). The number of phenols is 1. The molecule has 0 saturated heterocycles. The van der Waals surface area contributed by atoms with Crippen molar-refractivity contribution >= 4 is 12.2 Å². The number of carbonyl (C=O) groups is 1. The fourth-order valence-corrected chi connectivity index (χ4v) is 4.30. The van der Waals surface area contributed by atoms with E-state index in [0.717, 1.165) is 25.1 Å². The summed E-state index contributed by atoms with van der Waals surface area (Å²) in [6.07, 6.45) is 20.5. The summed E-state index contributed by atoms with van der Waals surface area (Å²) in [7, 11) is 0. The van der Waals surface area contributed by atoms with Crippen LogP contribution in [0.4, 0.5) is 0 Å². The summed E-state index contributed by atoms with van der Waals surface area (Å²) in [5.41, 5.74) is 1.05. The Morgan fingerprint density at radius 1 is 0.737 bits per heavy atom. The molecule has 1 N–H and O–H groups in total. The van der Waals surface area contributed by atoms with E-state index in [1.54, 1.807) is 42.6 Å². The second-order valence-electron chi connectivity index (χ2n) is 10.1. The summed E-state index contributed by atoms with van der Waals surface area (Å²) in [6.45, 7) is 5.91. The number of aliphatic imine (C=N–C) groups is 1. The van der Waals surface area contributed by atoms with Crippen LogP contribution in [0.1, 0.15) is 126 Å². The second kappa shape index (κ2) is 20.2. The Hall–Kier alpha value is -2.82. The number of carbonyl (C=O) groups excluding carboxylic acids is 1. The van der Waals surface area contributed by atoms with E-state index in [4.69, 9.17) is 9.47 Å². The molecular weight excluding hydrogens is 474 g/mol. The van der Waals surface area contributed by atoms with Gasteiger partial charge >= 0.3 is 5.97 Å². The lowest BCUT2D eigenvalue weighted by molar-refractivity contribution is 0.0734. The van der Waals surface area contributed by atoms with Crippen molar-refractivity contribution in [2.45, 2.75) is 110 Å². The maximum absolute atomic E-state index is 12.5. The highest BCUT2D eigenvalue weighted by Gasteiger charge is 2.10. The summed E-state index contributed by atoms with van der Waals surface area (Å²) >= 11 is 0. The van der Waals surface area contributed by atoms with E-state index in [9.17, 15) is 9.90 Å². The molecule has 0 bridgehead atoms. The Morgan fingerprint density at radius 3 is 1.89 bits per heavy atom. The number of benzene rings is 2. The van der Waals surface area contributed by atoms with E-state index in [0.29, 0.717) is 23.5 Å². The number of ether oxygens (including phenoxy) is 2. The quantitative estimate of drug-likeness (QED) is 0.0766. The molecule has 0 aliphatic carbocycles. The first-order valence-corrected chi connectivity index (χ1v) is 14.9. The number of rotatable bonds is 21. The molecule has 0 atom stereocenters. The predicted octanol–water partition coefficient (Wildman–Crippen LogP) is 9.30. The molecule has 0 radical (unpaired) electrons. The molecule has 5 heteroatoms. The lowest BCUT2D eigenvalue weighted by Crippen LogP contribution is -2.08. The first kappa shape index (κ1) is 31.4. The number of phenolic OH excluding ortho intramolecular Hbond substituents is 1. The van der Waals surface area contributed by atoms with Crippen LogP contribution in [0.5, 0.6) is 17.2 Å². The molecular formula is C33H49NO4.